The Morgan fingerprint density at radius 2 is 2.25 bits per heavy atom. The van der Waals surface area contributed by atoms with Gasteiger partial charge in [-0.15, -0.1) is 0 Å². The maximum atomic E-state index is 10.7. The van der Waals surface area contributed by atoms with Crippen molar-refractivity contribution in [3.8, 4) is 0 Å². The molecule has 0 saturated heterocycles. The highest BCUT2D eigenvalue weighted by Crippen LogP contribution is 1.72. The van der Waals surface area contributed by atoms with Crippen molar-refractivity contribution < 1.29 is 4.79 Å². The van der Waals surface area contributed by atoms with Gasteiger partial charge in [-0.3, -0.25) is 4.79 Å². The van der Waals surface area contributed by atoms with Crippen LogP contribution >= 0.6 is 0 Å². The molecule has 0 aromatic rings. The third kappa shape index (κ3) is 5.52. The highest BCUT2D eigenvalue weighted by Gasteiger charge is 1.94. The van der Waals surface area contributed by atoms with Crippen LogP contribution in [0.3, 0.4) is 0 Å². The molecule has 0 radical (unpaired) electrons. The zero-order valence-corrected chi connectivity index (χ0v) is 7.55. The topological polar surface area (TPSA) is 79.5 Å². The molecule has 0 aliphatic rings. The molecule has 0 saturated carbocycles. The summed E-state index contributed by atoms with van der Waals surface area (Å²) in [6.07, 6.45) is 0.982. The quantitative estimate of drug-likeness (QED) is 0.378. The van der Waals surface area contributed by atoms with Gasteiger partial charge in [0.1, 0.15) is 6.54 Å². The predicted octanol–water partition coefficient (Wildman–Crippen LogP) is -0.953. The lowest BCUT2D eigenvalue weighted by Gasteiger charge is -2.02. The van der Waals surface area contributed by atoms with Crippen LogP contribution in [-0.4, -0.2) is 32.0 Å². The number of nitrogens with one attached hydrogen (secondary N) is 2. The highest BCUT2D eigenvalue weighted by molar-refractivity contribution is 5.83. The molecular weight excluding hydrogens is 156 g/mol. The number of guanidine groups is 1. The Morgan fingerprint density at radius 3 is 2.75 bits per heavy atom. The van der Waals surface area contributed by atoms with Gasteiger partial charge in [-0.1, -0.05) is 6.92 Å². The summed E-state index contributed by atoms with van der Waals surface area (Å²) in [5.74, 6) is 0.177. The van der Waals surface area contributed by atoms with E-state index in [1.807, 2.05) is 6.92 Å². The molecule has 0 aliphatic carbocycles. The average molecular weight is 172 g/mol. The van der Waals surface area contributed by atoms with Gasteiger partial charge in [0.15, 0.2) is 5.96 Å². The van der Waals surface area contributed by atoms with Crippen LogP contribution in [0.4, 0.5) is 0 Å². The molecule has 0 aromatic carbocycles. The first-order valence-electron chi connectivity index (χ1n) is 3.95. The minimum Gasteiger partial charge on any atom is -0.370 e. The number of carbonyl (C=O) groups is 1. The van der Waals surface area contributed by atoms with Gasteiger partial charge in [0.05, 0.1) is 0 Å². The second-order valence-corrected chi connectivity index (χ2v) is 2.30. The molecule has 5 heteroatoms. The van der Waals surface area contributed by atoms with Gasteiger partial charge >= 0.3 is 0 Å². The van der Waals surface area contributed by atoms with E-state index in [9.17, 15) is 4.79 Å². The number of hydrogen-bond acceptors (Lipinski definition) is 2. The van der Waals surface area contributed by atoms with Crippen LogP contribution in [0.2, 0.25) is 0 Å². The lowest BCUT2D eigenvalue weighted by molar-refractivity contribution is -0.119. The molecule has 1 amide bonds. The predicted molar refractivity (Wildman–Crippen MR) is 48.8 cm³/mol. The fraction of sp³-hybridized carbons (Fsp3) is 0.714. The van der Waals surface area contributed by atoms with Crippen molar-refractivity contribution in [1.82, 2.24) is 10.6 Å². The van der Waals surface area contributed by atoms with Crippen LogP contribution in [0.15, 0.2) is 4.99 Å². The molecule has 0 fully saturated rings. The van der Waals surface area contributed by atoms with Gasteiger partial charge in [0.25, 0.3) is 0 Å². The number of rotatable bonds is 4. The van der Waals surface area contributed by atoms with Gasteiger partial charge in [0, 0.05) is 13.6 Å². The number of nitrogens with zero attached hydrogens (tertiary/aromatic N) is 1. The van der Waals surface area contributed by atoms with E-state index in [-0.39, 0.29) is 12.5 Å². The Balaban J connectivity index is 3.60. The highest BCUT2D eigenvalue weighted by atomic mass is 16.1. The SMILES string of the molecule is CCCNC(N)=NCC(=O)NC. The Labute approximate surface area is 72.4 Å². The van der Waals surface area contributed by atoms with Gasteiger partial charge < -0.3 is 16.4 Å². The first-order valence-corrected chi connectivity index (χ1v) is 3.95. The number of aliphatic imine (C=N–C) groups is 1. The number of likely N-dealkylation sites (N-methyl/N-ethyl adjacent to an activating group) is 1. The maximum absolute atomic E-state index is 10.7. The van der Waals surface area contributed by atoms with E-state index in [0.29, 0.717) is 5.96 Å². The standard InChI is InChI=1S/C7H16N4O/c1-3-4-10-7(8)11-5-6(12)9-2/h3-5H2,1-2H3,(H,9,12)(H3,8,10,11). The minimum atomic E-state index is -0.142. The third-order valence-corrected chi connectivity index (χ3v) is 1.23. The van der Waals surface area contributed by atoms with Crippen molar-refractivity contribution in [3.05, 3.63) is 0 Å². The van der Waals surface area contributed by atoms with Crippen molar-refractivity contribution in [2.75, 3.05) is 20.1 Å². The van der Waals surface area contributed by atoms with Crippen molar-refractivity contribution in [2.24, 2.45) is 10.7 Å². The van der Waals surface area contributed by atoms with E-state index in [1.165, 1.54) is 0 Å². The van der Waals surface area contributed by atoms with Gasteiger partial charge in [-0.05, 0) is 6.42 Å². The Kier molecular flexibility index (Phi) is 5.77. The zero-order valence-electron chi connectivity index (χ0n) is 7.55. The molecule has 0 unspecified atom stereocenters. The van der Waals surface area contributed by atoms with Crippen molar-refractivity contribution in [2.45, 2.75) is 13.3 Å². The van der Waals surface area contributed by atoms with Gasteiger partial charge in [-0.2, -0.15) is 0 Å². The van der Waals surface area contributed by atoms with E-state index < -0.39 is 0 Å². The monoisotopic (exact) mass is 172 g/mol. The molecule has 0 heterocycles. The largest absolute Gasteiger partial charge is 0.370 e. The van der Waals surface area contributed by atoms with Gasteiger partial charge in [0.2, 0.25) is 5.91 Å². The molecule has 0 rings (SSSR count). The van der Waals surface area contributed by atoms with Gasteiger partial charge in [-0.25, -0.2) is 4.99 Å². The Morgan fingerprint density at radius 1 is 1.58 bits per heavy atom. The molecule has 0 bridgehead atoms. The summed E-state index contributed by atoms with van der Waals surface area (Å²) in [5.41, 5.74) is 5.42. The Hall–Kier alpha value is -1.26. The summed E-state index contributed by atoms with van der Waals surface area (Å²) in [7, 11) is 1.56. The van der Waals surface area contributed by atoms with Crippen LogP contribution in [0.5, 0.6) is 0 Å². The molecule has 4 N–H and O–H groups in total. The lowest BCUT2D eigenvalue weighted by Crippen LogP contribution is -2.33. The summed E-state index contributed by atoms with van der Waals surface area (Å²) < 4.78 is 0. The van der Waals surface area contributed by atoms with Crippen molar-refractivity contribution in [1.29, 1.82) is 0 Å². The molecule has 5 nitrogen and oxygen atoms in total. The fourth-order valence-corrected chi connectivity index (χ4v) is 0.545. The average Bonchev–Trinajstić information content (AvgIpc) is 2.10. The van der Waals surface area contributed by atoms with Crippen LogP contribution in [0.1, 0.15) is 13.3 Å². The molecule has 0 spiro atoms. The summed E-state index contributed by atoms with van der Waals surface area (Å²) in [6.45, 7) is 2.89. The third-order valence-electron chi connectivity index (χ3n) is 1.23. The summed E-state index contributed by atoms with van der Waals surface area (Å²) in [5, 5.41) is 5.31. The Bertz CT molecular complexity index is 167. The van der Waals surface area contributed by atoms with Crippen LogP contribution in [0.25, 0.3) is 0 Å². The molecule has 0 aromatic heterocycles. The number of nitrogens with two attached hydrogens (primary N) is 1. The second-order valence-electron chi connectivity index (χ2n) is 2.30. The smallest absolute Gasteiger partial charge is 0.241 e. The first-order chi connectivity index (χ1) is 5.70. The van der Waals surface area contributed by atoms with Crippen LogP contribution in [0, 0.1) is 0 Å². The van der Waals surface area contributed by atoms with E-state index in [4.69, 9.17) is 5.73 Å². The summed E-state index contributed by atoms with van der Waals surface area (Å²) in [6, 6.07) is 0. The summed E-state index contributed by atoms with van der Waals surface area (Å²) >= 11 is 0. The zero-order chi connectivity index (χ0) is 9.40. The second kappa shape index (κ2) is 6.45. The number of amides is 1. The normalized spacial score (nSPS) is 11.0. The van der Waals surface area contributed by atoms with Crippen LogP contribution in [-0.2, 0) is 4.79 Å². The van der Waals surface area contributed by atoms with Crippen molar-refractivity contribution in [3.63, 3.8) is 0 Å². The molecule has 0 aliphatic heterocycles. The summed E-state index contributed by atoms with van der Waals surface area (Å²) in [4.78, 5) is 14.5. The number of carbonyl (C=O) groups excluding carboxylic acids is 1. The maximum Gasteiger partial charge on any atom is 0.241 e. The number of hydrogen-bond donors (Lipinski definition) is 3. The van der Waals surface area contributed by atoms with E-state index in [0.717, 1.165) is 13.0 Å². The first kappa shape index (κ1) is 10.7. The minimum absolute atomic E-state index is 0.0824. The van der Waals surface area contributed by atoms with Crippen molar-refractivity contribution >= 4 is 11.9 Å². The van der Waals surface area contributed by atoms with E-state index in [1.54, 1.807) is 7.05 Å². The van der Waals surface area contributed by atoms with Crippen LogP contribution < -0.4 is 16.4 Å². The lowest BCUT2D eigenvalue weighted by atomic mass is 10.5. The molecular formula is C7H16N4O. The molecule has 12 heavy (non-hydrogen) atoms. The van der Waals surface area contributed by atoms with E-state index in [2.05, 4.69) is 15.6 Å². The fourth-order valence-electron chi connectivity index (χ4n) is 0.545. The van der Waals surface area contributed by atoms with E-state index >= 15 is 0 Å². The molecule has 0 atom stereocenters. The molecule has 70 valence electrons.